The third-order valence-corrected chi connectivity index (χ3v) is 4.96. The Labute approximate surface area is 156 Å². The molecule has 1 atom stereocenters. The van der Waals surface area contributed by atoms with E-state index in [1.165, 1.54) is 0 Å². The first-order chi connectivity index (χ1) is 12.7. The number of pyridine rings is 1. The number of nitrogens with zero attached hydrogens (tertiary/aromatic N) is 3. The smallest absolute Gasteiger partial charge is 0.290 e. The normalized spacial score (nSPS) is 17.6. The van der Waals surface area contributed by atoms with Crippen LogP contribution in [-0.4, -0.2) is 34.1 Å². The van der Waals surface area contributed by atoms with Gasteiger partial charge in [0.1, 0.15) is 0 Å². The molecule has 7 heteroatoms. The summed E-state index contributed by atoms with van der Waals surface area (Å²) in [7, 11) is 0. The van der Waals surface area contributed by atoms with Crippen LogP contribution in [0.3, 0.4) is 0 Å². The summed E-state index contributed by atoms with van der Waals surface area (Å²) < 4.78 is 0. The van der Waals surface area contributed by atoms with Gasteiger partial charge >= 0.3 is 0 Å². The van der Waals surface area contributed by atoms with Gasteiger partial charge in [-0.05, 0) is 36.6 Å². The lowest BCUT2D eigenvalue weighted by Crippen LogP contribution is -2.47. The molecule has 0 aliphatic carbocycles. The largest absolute Gasteiger partial charge is 0.350 e. The summed E-state index contributed by atoms with van der Waals surface area (Å²) in [6, 6.07) is 8.12. The molecule has 1 aliphatic heterocycles. The molecule has 2 N–H and O–H groups in total. The van der Waals surface area contributed by atoms with Crippen molar-refractivity contribution in [3.63, 3.8) is 0 Å². The van der Waals surface area contributed by atoms with Crippen molar-refractivity contribution in [1.29, 1.82) is 0 Å². The molecule has 6 nitrogen and oxygen atoms in total. The number of rotatable bonds is 4. The summed E-state index contributed by atoms with van der Waals surface area (Å²) in [6.07, 6.45) is 7.06. The molecule has 3 heterocycles. The fourth-order valence-electron chi connectivity index (χ4n) is 3.52. The van der Waals surface area contributed by atoms with Crippen LogP contribution in [0.5, 0.6) is 0 Å². The maximum atomic E-state index is 12.0. The van der Waals surface area contributed by atoms with Crippen LogP contribution >= 0.6 is 11.6 Å². The lowest BCUT2D eigenvalue weighted by atomic mass is 10.0. The zero-order valence-electron chi connectivity index (χ0n) is 14.3. The highest BCUT2D eigenvalue weighted by Gasteiger charge is 2.22. The third-order valence-electron chi connectivity index (χ3n) is 4.74. The fraction of sp³-hybridized carbons (Fsp3) is 0.316. The molecule has 0 saturated carbocycles. The summed E-state index contributed by atoms with van der Waals surface area (Å²) in [5.74, 6) is 0.494. The van der Waals surface area contributed by atoms with Crippen molar-refractivity contribution in [1.82, 2.24) is 20.3 Å². The van der Waals surface area contributed by atoms with Gasteiger partial charge in [-0.3, -0.25) is 9.78 Å². The summed E-state index contributed by atoms with van der Waals surface area (Å²) >= 11 is 6.26. The predicted octanol–water partition coefficient (Wildman–Crippen LogP) is 2.73. The third kappa shape index (κ3) is 3.57. The van der Waals surface area contributed by atoms with Crippen molar-refractivity contribution in [2.24, 2.45) is 0 Å². The standard InChI is InChI=1S/C19H20ClN5O/c20-15-9-13-3-1-5-21-17(13)14(10-15)11-24-16-4-2-8-25(12-16)18-19(26)23-7-6-22-18/h1,3,5-7,9-10,16,24H,2,4,8,11-12H2,(H,23,26)/t16-/m1/s1. The highest BCUT2D eigenvalue weighted by Crippen LogP contribution is 2.23. The average Bonchev–Trinajstić information content (AvgIpc) is 2.66. The van der Waals surface area contributed by atoms with Gasteiger partial charge in [-0.1, -0.05) is 17.7 Å². The van der Waals surface area contributed by atoms with Crippen LogP contribution in [0.15, 0.2) is 47.7 Å². The van der Waals surface area contributed by atoms with E-state index in [1.807, 2.05) is 29.2 Å². The van der Waals surface area contributed by atoms with Gasteiger partial charge in [-0.25, -0.2) is 4.98 Å². The fourth-order valence-corrected chi connectivity index (χ4v) is 3.77. The first-order valence-electron chi connectivity index (χ1n) is 8.76. The Kier molecular flexibility index (Phi) is 4.86. The van der Waals surface area contributed by atoms with E-state index >= 15 is 0 Å². The number of piperidine rings is 1. The number of fused-ring (bicyclic) bond motifs is 1. The van der Waals surface area contributed by atoms with Gasteiger partial charge in [-0.2, -0.15) is 0 Å². The molecular weight excluding hydrogens is 350 g/mol. The van der Waals surface area contributed by atoms with Crippen molar-refractivity contribution < 1.29 is 0 Å². The molecule has 0 unspecified atom stereocenters. The number of hydrogen-bond donors (Lipinski definition) is 2. The van der Waals surface area contributed by atoms with E-state index in [0.717, 1.165) is 42.4 Å². The number of aromatic nitrogens is 3. The molecule has 134 valence electrons. The van der Waals surface area contributed by atoms with Crippen molar-refractivity contribution in [2.75, 3.05) is 18.0 Å². The molecule has 2 aromatic heterocycles. The number of aromatic amines is 1. The topological polar surface area (TPSA) is 73.9 Å². The van der Waals surface area contributed by atoms with Crippen LogP contribution in [0.2, 0.25) is 5.02 Å². The van der Waals surface area contributed by atoms with Crippen LogP contribution in [-0.2, 0) is 6.54 Å². The molecule has 0 bridgehead atoms. The Morgan fingerprint density at radius 3 is 3.12 bits per heavy atom. The summed E-state index contributed by atoms with van der Waals surface area (Å²) in [4.78, 5) is 25.5. The Hall–Kier alpha value is -2.44. The Morgan fingerprint density at radius 1 is 1.31 bits per heavy atom. The van der Waals surface area contributed by atoms with Crippen molar-refractivity contribution >= 4 is 28.3 Å². The second kappa shape index (κ2) is 7.43. The zero-order valence-corrected chi connectivity index (χ0v) is 15.0. The number of halogens is 1. The molecule has 1 aliphatic rings. The van der Waals surface area contributed by atoms with Crippen LogP contribution < -0.4 is 15.8 Å². The lowest BCUT2D eigenvalue weighted by molar-refractivity contribution is 0.420. The second-order valence-corrected chi connectivity index (χ2v) is 6.98. The zero-order chi connectivity index (χ0) is 17.9. The maximum Gasteiger partial charge on any atom is 0.290 e. The average molecular weight is 370 g/mol. The van der Waals surface area contributed by atoms with E-state index in [2.05, 4.69) is 20.3 Å². The molecule has 0 spiro atoms. The lowest BCUT2D eigenvalue weighted by Gasteiger charge is -2.33. The number of nitrogens with one attached hydrogen (secondary N) is 2. The van der Waals surface area contributed by atoms with E-state index in [0.29, 0.717) is 17.4 Å². The number of anilines is 1. The summed E-state index contributed by atoms with van der Waals surface area (Å²) in [5.41, 5.74) is 1.91. The number of H-pyrrole nitrogens is 1. The van der Waals surface area contributed by atoms with Gasteiger partial charge in [0, 0.05) is 54.7 Å². The maximum absolute atomic E-state index is 12.0. The molecular formula is C19H20ClN5O. The predicted molar refractivity (Wildman–Crippen MR) is 104 cm³/mol. The Balaban J connectivity index is 1.48. The minimum Gasteiger partial charge on any atom is -0.350 e. The number of benzene rings is 1. The van der Waals surface area contributed by atoms with E-state index in [9.17, 15) is 4.79 Å². The van der Waals surface area contributed by atoms with Crippen molar-refractivity contribution in [3.8, 4) is 0 Å². The molecule has 1 saturated heterocycles. The van der Waals surface area contributed by atoms with E-state index in [-0.39, 0.29) is 11.6 Å². The minimum absolute atomic E-state index is 0.141. The molecule has 4 rings (SSSR count). The molecule has 26 heavy (non-hydrogen) atoms. The highest BCUT2D eigenvalue weighted by atomic mass is 35.5. The van der Waals surface area contributed by atoms with Gasteiger partial charge in [-0.15, -0.1) is 0 Å². The summed E-state index contributed by atoms with van der Waals surface area (Å²) in [6.45, 7) is 2.29. The van der Waals surface area contributed by atoms with E-state index in [1.54, 1.807) is 18.6 Å². The minimum atomic E-state index is -0.141. The van der Waals surface area contributed by atoms with Gasteiger partial charge in [0.05, 0.1) is 5.52 Å². The van der Waals surface area contributed by atoms with Crippen LogP contribution in [0.4, 0.5) is 5.82 Å². The number of hydrogen-bond acceptors (Lipinski definition) is 5. The van der Waals surface area contributed by atoms with E-state index in [4.69, 9.17) is 11.6 Å². The monoisotopic (exact) mass is 369 g/mol. The molecule has 0 radical (unpaired) electrons. The first-order valence-corrected chi connectivity index (χ1v) is 9.14. The first kappa shape index (κ1) is 17.0. The van der Waals surface area contributed by atoms with Gasteiger partial charge in [0.25, 0.3) is 5.56 Å². The Bertz CT molecular complexity index is 973. The quantitative estimate of drug-likeness (QED) is 0.739. The van der Waals surface area contributed by atoms with Crippen molar-refractivity contribution in [3.05, 3.63) is 63.8 Å². The molecule has 3 aromatic rings. The highest BCUT2D eigenvalue weighted by molar-refractivity contribution is 6.31. The van der Waals surface area contributed by atoms with Gasteiger partial charge < -0.3 is 15.2 Å². The molecule has 0 amide bonds. The molecule has 1 fully saturated rings. The SMILES string of the molecule is O=c1[nH]ccnc1N1CCC[C@@H](NCc2cc(Cl)cc3cccnc23)C1. The Morgan fingerprint density at radius 2 is 2.23 bits per heavy atom. The van der Waals surface area contributed by atoms with Crippen molar-refractivity contribution in [2.45, 2.75) is 25.4 Å². The van der Waals surface area contributed by atoms with Crippen LogP contribution in [0.1, 0.15) is 18.4 Å². The molecule has 1 aromatic carbocycles. The van der Waals surface area contributed by atoms with E-state index < -0.39 is 0 Å². The second-order valence-electron chi connectivity index (χ2n) is 6.55. The van der Waals surface area contributed by atoms with Crippen LogP contribution in [0.25, 0.3) is 10.9 Å². The van der Waals surface area contributed by atoms with Gasteiger partial charge in [0.15, 0.2) is 5.82 Å². The van der Waals surface area contributed by atoms with Gasteiger partial charge in [0.2, 0.25) is 0 Å². The van der Waals surface area contributed by atoms with Crippen LogP contribution in [0, 0.1) is 0 Å². The summed E-state index contributed by atoms with van der Waals surface area (Å²) in [5, 5.41) is 5.36.